The Morgan fingerprint density at radius 3 is 2.88 bits per heavy atom. The highest BCUT2D eigenvalue weighted by atomic mass is 16.5. The first-order valence-electron chi connectivity index (χ1n) is 8.46. The van der Waals surface area contributed by atoms with Gasteiger partial charge in [-0.05, 0) is 38.0 Å². The molecule has 1 aliphatic rings. The van der Waals surface area contributed by atoms with Crippen molar-refractivity contribution in [2.75, 3.05) is 6.54 Å². The van der Waals surface area contributed by atoms with Crippen LogP contribution in [0.5, 0.6) is 0 Å². The second-order valence-corrected chi connectivity index (χ2v) is 6.36. The Labute approximate surface area is 148 Å². The number of carbonyl (C=O) groups excluding carboxylic acids is 2. The summed E-state index contributed by atoms with van der Waals surface area (Å²) in [6.07, 6.45) is 3.65. The van der Waals surface area contributed by atoms with Crippen molar-refractivity contribution in [1.82, 2.24) is 20.8 Å². The molecule has 3 aromatic rings. The van der Waals surface area contributed by atoms with Crippen molar-refractivity contribution in [2.24, 2.45) is 0 Å². The third-order valence-electron chi connectivity index (χ3n) is 4.33. The van der Waals surface area contributed by atoms with E-state index in [9.17, 15) is 9.59 Å². The van der Waals surface area contributed by atoms with Crippen LogP contribution in [0, 0.1) is 6.92 Å². The highest BCUT2D eigenvalue weighted by Gasteiger charge is 2.28. The number of furan rings is 1. The molecule has 8 nitrogen and oxygen atoms in total. The first kappa shape index (κ1) is 16.3. The number of carbonyl (C=O) groups is 2. The number of amides is 2. The fraction of sp³-hybridized carbons (Fsp3) is 0.333. The summed E-state index contributed by atoms with van der Waals surface area (Å²) in [5, 5.41) is 9.82. The second kappa shape index (κ2) is 6.62. The lowest BCUT2D eigenvalue weighted by atomic mass is 10.1. The van der Waals surface area contributed by atoms with E-state index in [2.05, 4.69) is 20.8 Å². The molecule has 1 aliphatic carbocycles. The van der Waals surface area contributed by atoms with Crippen LogP contribution in [-0.4, -0.2) is 28.5 Å². The average molecular weight is 354 g/mol. The second-order valence-electron chi connectivity index (χ2n) is 6.36. The van der Waals surface area contributed by atoms with Crippen molar-refractivity contribution in [3.8, 4) is 0 Å². The van der Waals surface area contributed by atoms with Gasteiger partial charge in [0.25, 0.3) is 11.6 Å². The first-order valence-corrected chi connectivity index (χ1v) is 8.46. The standard InChI is InChI=1S/C18H18N4O4/c1-10-16-13(7-14(11-4-5-11)21-18(16)26-22-10)17(24)20-9-15(23)19-8-12-3-2-6-25-12/h2-3,6-7,11H,4-5,8-9H2,1H3,(H,19,23)(H,20,24). The zero-order chi connectivity index (χ0) is 18.1. The molecule has 4 rings (SSSR count). The van der Waals surface area contributed by atoms with Crippen molar-refractivity contribution < 1.29 is 18.5 Å². The van der Waals surface area contributed by atoms with Gasteiger partial charge in [-0.2, -0.15) is 0 Å². The molecule has 3 heterocycles. The van der Waals surface area contributed by atoms with E-state index < -0.39 is 0 Å². The monoisotopic (exact) mass is 354 g/mol. The van der Waals surface area contributed by atoms with Gasteiger partial charge in [0, 0.05) is 11.6 Å². The van der Waals surface area contributed by atoms with Crippen LogP contribution in [-0.2, 0) is 11.3 Å². The summed E-state index contributed by atoms with van der Waals surface area (Å²) in [5.41, 5.74) is 2.23. The van der Waals surface area contributed by atoms with Crippen molar-refractivity contribution in [2.45, 2.75) is 32.2 Å². The van der Waals surface area contributed by atoms with Gasteiger partial charge in [-0.15, -0.1) is 0 Å². The summed E-state index contributed by atoms with van der Waals surface area (Å²) in [7, 11) is 0. The molecule has 8 heteroatoms. The Morgan fingerprint density at radius 1 is 1.31 bits per heavy atom. The van der Waals surface area contributed by atoms with E-state index >= 15 is 0 Å². The highest BCUT2D eigenvalue weighted by molar-refractivity contribution is 6.06. The van der Waals surface area contributed by atoms with Crippen LogP contribution in [0.4, 0.5) is 0 Å². The molecule has 0 radical (unpaired) electrons. The maximum Gasteiger partial charge on any atom is 0.259 e. The van der Waals surface area contributed by atoms with Gasteiger partial charge in [0.1, 0.15) is 5.76 Å². The molecule has 2 N–H and O–H groups in total. The van der Waals surface area contributed by atoms with Crippen molar-refractivity contribution in [3.05, 3.63) is 47.2 Å². The molecule has 1 fully saturated rings. The Bertz CT molecular complexity index is 957. The number of pyridine rings is 1. The van der Waals surface area contributed by atoms with Crippen LogP contribution < -0.4 is 10.6 Å². The van der Waals surface area contributed by atoms with Gasteiger partial charge >= 0.3 is 0 Å². The van der Waals surface area contributed by atoms with Gasteiger partial charge in [0.2, 0.25) is 5.91 Å². The van der Waals surface area contributed by atoms with Crippen LogP contribution in [0.15, 0.2) is 33.4 Å². The average Bonchev–Trinajstić information content (AvgIpc) is 3.24. The number of nitrogens with zero attached hydrogens (tertiary/aromatic N) is 2. The van der Waals surface area contributed by atoms with E-state index in [-0.39, 0.29) is 24.9 Å². The molecule has 0 spiro atoms. The minimum Gasteiger partial charge on any atom is -0.467 e. The number of hydrogen-bond donors (Lipinski definition) is 2. The fourth-order valence-corrected chi connectivity index (χ4v) is 2.80. The lowest BCUT2D eigenvalue weighted by molar-refractivity contribution is -0.120. The van der Waals surface area contributed by atoms with E-state index in [1.807, 2.05) is 0 Å². The SMILES string of the molecule is Cc1noc2nc(C3CC3)cc(C(=O)NCC(=O)NCc3ccco3)c12. The fourth-order valence-electron chi connectivity index (χ4n) is 2.80. The maximum atomic E-state index is 12.6. The summed E-state index contributed by atoms with van der Waals surface area (Å²) in [4.78, 5) is 29.0. The molecular weight excluding hydrogens is 336 g/mol. The molecular formula is C18H18N4O4. The van der Waals surface area contributed by atoms with Crippen molar-refractivity contribution in [1.29, 1.82) is 0 Å². The quantitative estimate of drug-likeness (QED) is 0.701. The number of hydrogen-bond acceptors (Lipinski definition) is 6. The van der Waals surface area contributed by atoms with Gasteiger partial charge in [-0.25, -0.2) is 4.98 Å². The zero-order valence-corrected chi connectivity index (χ0v) is 14.2. The summed E-state index contributed by atoms with van der Waals surface area (Å²) in [6.45, 7) is 1.90. The summed E-state index contributed by atoms with van der Waals surface area (Å²) < 4.78 is 10.4. The third-order valence-corrected chi connectivity index (χ3v) is 4.33. The highest BCUT2D eigenvalue weighted by Crippen LogP contribution is 2.40. The smallest absolute Gasteiger partial charge is 0.259 e. The Kier molecular flexibility index (Phi) is 4.16. The molecule has 0 atom stereocenters. The third kappa shape index (κ3) is 3.30. The lowest BCUT2D eigenvalue weighted by Gasteiger charge is -2.08. The normalized spacial score (nSPS) is 13.7. The summed E-state index contributed by atoms with van der Waals surface area (Å²) in [5.74, 6) is 0.367. The topological polar surface area (TPSA) is 110 Å². The molecule has 1 saturated carbocycles. The van der Waals surface area contributed by atoms with E-state index in [0.29, 0.717) is 34.0 Å². The molecule has 0 bridgehead atoms. The molecule has 0 unspecified atom stereocenters. The molecule has 0 aliphatic heterocycles. The van der Waals surface area contributed by atoms with Gasteiger partial charge in [0.05, 0.1) is 36.0 Å². The molecule has 3 aromatic heterocycles. The number of nitrogens with one attached hydrogen (secondary N) is 2. The van der Waals surface area contributed by atoms with Gasteiger partial charge in [-0.3, -0.25) is 9.59 Å². The van der Waals surface area contributed by atoms with Crippen LogP contribution in [0.3, 0.4) is 0 Å². The zero-order valence-electron chi connectivity index (χ0n) is 14.2. The molecule has 0 saturated heterocycles. The first-order chi connectivity index (χ1) is 12.6. The number of fused-ring (bicyclic) bond motifs is 1. The van der Waals surface area contributed by atoms with E-state index in [1.165, 1.54) is 6.26 Å². The predicted molar refractivity (Wildman–Crippen MR) is 91.4 cm³/mol. The molecule has 0 aromatic carbocycles. The van der Waals surface area contributed by atoms with E-state index in [0.717, 1.165) is 18.5 Å². The van der Waals surface area contributed by atoms with E-state index in [1.54, 1.807) is 25.1 Å². The molecule has 2 amide bonds. The Balaban J connectivity index is 1.45. The van der Waals surface area contributed by atoms with Gasteiger partial charge in [0.15, 0.2) is 0 Å². The summed E-state index contributed by atoms with van der Waals surface area (Å²) in [6, 6.07) is 5.29. The largest absolute Gasteiger partial charge is 0.467 e. The number of aromatic nitrogens is 2. The summed E-state index contributed by atoms with van der Waals surface area (Å²) >= 11 is 0. The van der Waals surface area contributed by atoms with Crippen molar-refractivity contribution in [3.63, 3.8) is 0 Å². The number of rotatable bonds is 6. The van der Waals surface area contributed by atoms with Gasteiger partial charge in [-0.1, -0.05) is 5.16 Å². The Hall–Kier alpha value is -3.16. The van der Waals surface area contributed by atoms with Crippen LogP contribution in [0.1, 0.15) is 46.3 Å². The molecule has 134 valence electrons. The van der Waals surface area contributed by atoms with Crippen LogP contribution >= 0.6 is 0 Å². The number of aryl methyl sites for hydroxylation is 1. The minimum absolute atomic E-state index is 0.132. The minimum atomic E-state index is -0.348. The van der Waals surface area contributed by atoms with Gasteiger partial charge < -0.3 is 19.6 Å². The van der Waals surface area contributed by atoms with Crippen LogP contribution in [0.2, 0.25) is 0 Å². The van der Waals surface area contributed by atoms with Crippen molar-refractivity contribution >= 4 is 22.9 Å². The molecule has 26 heavy (non-hydrogen) atoms. The maximum absolute atomic E-state index is 12.6. The Morgan fingerprint density at radius 2 is 2.15 bits per heavy atom. The van der Waals surface area contributed by atoms with E-state index in [4.69, 9.17) is 8.94 Å². The predicted octanol–water partition coefficient (Wildman–Crippen LogP) is 2.05. The lowest BCUT2D eigenvalue weighted by Crippen LogP contribution is -2.36. The van der Waals surface area contributed by atoms with Crippen LogP contribution in [0.25, 0.3) is 11.1 Å².